The van der Waals surface area contributed by atoms with E-state index in [1.807, 2.05) is 0 Å². The molecule has 4 nitrogen and oxygen atoms in total. The van der Waals surface area contributed by atoms with Crippen molar-refractivity contribution in [2.24, 2.45) is 0 Å². The zero-order chi connectivity index (χ0) is 10.3. The fourth-order valence-corrected chi connectivity index (χ4v) is 2.48. The summed E-state index contributed by atoms with van der Waals surface area (Å²) in [5.74, 6) is 0. The van der Waals surface area contributed by atoms with Crippen LogP contribution in [0.5, 0.6) is 0 Å². The van der Waals surface area contributed by atoms with Crippen molar-refractivity contribution >= 4 is 0 Å². The lowest BCUT2D eigenvalue weighted by molar-refractivity contribution is 0.306. The van der Waals surface area contributed by atoms with Crippen molar-refractivity contribution in [3.8, 4) is 0 Å². The third kappa shape index (κ3) is 1.40. The molecule has 4 heteroatoms. The third-order valence-electron chi connectivity index (χ3n) is 3.49. The van der Waals surface area contributed by atoms with Crippen LogP contribution in [0.2, 0.25) is 0 Å². The summed E-state index contributed by atoms with van der Waals surface area (Å²) in [5.41, 5.74) is 4.27. The maximum atomic E-state index is 4.77. The number of rotatable bonds is 2. The average Bonchev–Trinajstić information content (AvgIpc) is 2.55. The van der Waals surface area contributed by atoms with Gasteiger partial charge in [-0.1, -0.05) is 6.92 Å². The third-order valence-corrected chi connectivity index (χ3v) is 3.49. The number of hydrogen-bond donors (Lipinski definition) is 2. The van der Waals surface area contributed by atoms with Gasteiger partial charge in [0.2, 0.25) is 0 Å². The highest BCUT2D eigenvalue weighted by atomic mass is 15.4. The molecular weight excluding hydrogens is 188 g/mol. The van der Waals surface area contributed by atoms with Gasteiger partial charge in [-0.15, -0.1) is 0 Å². The highest BCUT2D eigenvalue weighted by molar-refractivity contribution is 5.29. The van der Waals surface area contributed by atoms with E-state index in [1.165, 1.54) is 17.0 Å². The quantitative estimate of drug-likeness (QED) is 0.728. The largest absolute Gasteiger partial charge is 0.312 e. The van der Waals surface area contributed by atoms with Crippen molar-refractivity contribution < 1.29 is 0 Å². The van der Waals surface area contributed by atoms with Crippen molar-refractivity contribution in [1.29, 1.82) is 0 Å². The number of nitrogens with one attached hydrogen (secondary N) is 2. The molecule has 0 unspecified atom stereocenters. The van der Waals surface area contributed by atoms with Crippen molar-refractivity contribution in [3.63, 3.8) is 0 Å². The van der Waals surface area contributed by atoms with Crippen molar-refractivity contribution in [1.82, 2.24) is 20.4 Å². The highest BCUT2D eigenvalue weighted by Gasteiger charge is 2.26. The Morgan fingerprint density at radius 1 is 1.40 bits per heavy atom. The molecule has 0 saturated carbocycles. The number of fused-ring (bicyclic) bond motifs is 1. The zero-order valence-corrected chi connectivity index (χ0v) is 9.21. The van der Waals surface area contributed by atoms with E-state index in [1.54, 1.807) is 0 Å². The van der Waals surface area contributed by atoms with E-state index >= 15 is 0 Å². The molecule has 2 aliphatic heterocycles. The number of aromatic nitrogens is 2. The van der Waals surface area contributed by atoms with Gasteiger partial charge >= 0.3 is 0 Å². The molecule has 2 N–H and O–H groups in total. The second-order valence-electron chi connectivity index (χ2n) is 4.41. The van der Waals surface area contributed by atoms with Crippen molar-refractivity contribution in [2.45, 2.75) is 32.4 Å². The topological polar surface area (TPSA) is 41.9 Å². The van der Waals surface area contributed by atoms with E-state index in [9.17, 15) is 0 Å². The molecule has 1 fully saturated rings. The summed E-state index contributed by atoms with van der Waals surface area (Å²) in [6.45, 7) is 6.47. The van der Waals surface area contributed by atoms with Gasteiger partial charge in [-0.05, 0) is 24.9 Å². The predicted molar refractivity (Wildman–Crippen MR) is 58.9 cm³/mol. The smallest absolute Gasteiger partial charge is 0.0771 e. The fourth-order valence-electron chi connectivity index (χ4n) is 2.48. The lowest BCUT2D eigenvalue weighted by atomic mass is 10.0. The molecule has 0 aromatic carbocycles. The molecule has 3 rings (SSSR count). The number of hydrogen-bond acceptors (Lipinski definition) is 3. The summed E-state index contributed by atoms with van der Waals surface area (Å²) in [6.07, 6.45) is 2.22. The Balaban J connectivity index is 2.01. The minimum atomic E-state index is 0.596. The van der Waals surface area contributed by atoms with Gasteiger partial charge in [-0.25, -0.2) is 0 Å². The van der Waals surface area contributed by atoms with E-state index in [2.05, 4.69) is 22.2 Å². The highest BCUT2D eigenvalue weighted by Crippen LogP contribution is 2.23. The SMILES string of the molecule is CCc1nn(C2CNC2)c2c1CCNC2. The lowest BCUT2D eigenvalue weighted by Crippen LogP contribution is -2.45. The minimum absolute atomic E-state index is 0.596. The van der Waals surface area contributed by atoms with Gasteiger partial charge in [0.05, 0.1) is 17.4 Å². The van der Waals surface area contributed by atoms with Gasteiger partial charge in [0.15, 0.2) is 0 Å². The van der Waals surface area contributed by atoms with E-state index in [0.29, 0.717) is 6.04 Å². The van der Waals surface area contributed by atoms with Crippen LogP contribution >= 0.6 is 0 Å². The summed E-state index contributed by atoms with van der Waals surface area (Å²) in [6, 6.07) is 0.596. The first kappa shape index (κ1) is 9.36. The van der Waals surface area contributed by atoms with Crippen LogP contribution in [0.15, 0.2) is 0 Å². The van der Waals surface area contributed by atoms with Crippen LogP contribution in [0.25, 0.3) is 0 Å². The molecule has 0 spiro atoms. The summed E-state index contributed by atoms with van der Waals surface area (Å²) >= 11 is 0. The van der Waals surface area contributed by atoms with Crippen LogP contribution in [0, 0.1) is 0 Å². The molecule has 82 valence electrons. The van der Waals surface area contributed by atoms with Gasteiger partial charge in [-0.3, -0.25) is 4.68 Å². The Labute approximate surface area is 90.0 Å². The Morgan fingerprint density at radius 3 is 2.93 bits per heavy atom. The van der Waals surface area contributed by atoms with Crippen LogP contribution in [-0.2, 0) is 19.4 Å². The molecule has 1 aromatic rings. The summed E-state index contributed by atoms with van der Waals surface area (Å²) < 4.78 is 2.26. The summed E-state index contributed by atoms with van der Waals surface area (Å²) in [4.78, 5) is 0. The lowest BCUT2D eigenvalue weighted by Gasteiger charge is -2.29. The van der Waals surface area contributed by atoms with Gasteiger partial charge in [0, 0.05) is 19.6 Å². The van der Waals surface area contributed by atoms with Gasteiger partial charge in [0.25, 0.3) is 0 Å². The molecule has 0 aliphatic carbocycles. The maximum absolute atomic E-state index is 4.77. The molecule has 1 aromatic heterocycles. The molecular formula is C11H18N4. The maximum Gasteiger partial charge on any atom is 0.0771 e. The van der Waals surface area contributed by atoms with Crippen LogP contribution in [0.4, 0.5) is 0 Å². The van der Waals surface area contributed by atoms with Crippen LogP contribution in [-0.4, -0.2) is 29.4 Å². The Kier molecular flexibility index (Phi) is 2.25. The molecule has 2 aliphatic rings. The van der Waals surface area contributed by atoms with Crippen molar-refractivity contribution in [3.05, 3.63) is 17.0 Å². The fraction of sp³-hybridized carbons (Fsp3) is 0.727. The summed E-state index contributed by atoms with van der Waals surface area (Å²) in [5, 5.41) is 11.5. The first-order valence-corrected chi connectivity index (χ1v) is 5.90. The number of aryl methyl sites for hydroxylation is 1. The van der Waals surface area contributed by atoms with Gasteiger partial charge in [-0.2, -0.15) is 5.10 Å². The standard InChI is InChI=1S/C11H18N4/c1-2-10-9-3-4-12-7-11(9)15(14-10)8-5-13-6-8/h8,12-13H,2-7H2,1H3. The molecule has 15 heavy (non-hydrogen) atoms. The van der Waals surface area contributed by atoms with Crippen LogP contribution < -0.4 is 10.6 Å². The van der Waals surface area contributed by atoms with Crippen LogP contribution in [0.3, 0.4) is 0 Å². The first-order valence-electron chi connectivity index (χ1n) is 5.90. The number of nitrogens with zero attached hydrogens (tertiary/aromatic N) is 2. The summed E-state index contributed by atoms with van der Waals surface area (Å²) in [7, 11) is 0. The second kappa shape index (κ2) is 3.61. The predicted octanol–water partition coefficient (Wildman–Crippen LogP) is 0.236. The monoisotopic (exact) mass is 206 g/mol. The van der Waals surface area contributed by atoms with E-state index in [4.69, 9.17) is 5.10 Å². The van der Waals surface area contributed by atoms with Crippen molar-refractivity contribution in [2.75, 3.05) is 19.6 Å². The van der Waals surface area contributed by atoms with E-state index in [0.717, 1.165) is 39.0 Å². The average molecular weight is 206 g/mol. The normalized spacial score (nSPS) is 21.1. The minimum Gasteiger partial charge on any atom is -0.312 e. The Hall–Kier alpha value is -0.870. The molecule has 0 radical (unpaired) electrons. The second-order valence-corrected chi connectivity index (χ2v) is 4.41. The molecule has 1 saturated heterocycles. The molecule has 0 bridgehead atoms. The molecule has 3 heterocycles. The Morgan fingerprint density at radius 2 is 2.27 bits per heavy atom. The molecule has 0 amide bonds. The van der Waals surface area contributed by atoms with E-state index in [-0.39, 0.29) is 0 Å². The van der Waals surface area contributed by atoms with E-state index < -0.39 is 0 Å². The van der Waals surface area contributed by atoms with Crippen LogP contribution in [0.1, 0.15) is 29.9 Å². The first-order chi connectivity index (χ1) is 7.40. The van der Waals surface area contributed by atoms with Gasteiger partial charge < -0.3 is 10.6 Å². The van der Waals surface area contributed by atoms with Gasteiger partial charge in [0.1, 0.15) is 0 Å². The zero-order valence-electron chi connectivity index (χ0n) is 9.21. The molecule has 0 atom stereocenters. The Bertz CT molecular complexity index is 365.